The maximum atomic E-state index is 5.61. The second-order valence-electron chi connectivity index (χ2n) is 6.33. The summed E-state index contributed by atoms with van der Waals surface area (Å²) in [5, 5.41) is 0. The maximum Gasteiger partial charge on any atom is 0.00189 e. The van der Waals surface area contributed by atoms with E-state index in [9.17, 15) is 0 Å². The molecule has 2 bridgehead atoms. The molecule has 6 atom stereocenters. The van der Waals surface area contributed by atoms with Gasteiger partial charge in [0.15, 0.2) is 0 Å². The largest absolute Gasteiger partial charge is 0.330 e. The van der Waals surface area contributed by atoms with Crippen LogP contribution in [0.5, 0.6) is 0 Å². The molecule has 0 aromatic rings. The fourth-order valence-electron chi connectivity index (χ4n) is 4.84. The molecule has 1 heterocycles. The van der Waals surface area contributed by atoms with Gasteiger partial charge in [0, 0.05) is 13.1 Å². The zero-order valence-electron chi connectivity index (χ0n) is 9.89. The summed E-state index contributed by atoms with van der Waals surface area (Å²) in [7, 11) is 0. The molecule has 16 heavy (non-hydrogen) atoms. The first-order valence-electron chi connectivity index (χ1n) is 6.99. The van der Waals surface area contributed by atoms with E-state index < -0.39 is 0 Å². The molecular weight excluding hydrogens is 196 g/mol. The van der Waals surface area contributed by atoms with Gasteiger partial charge in [0.1, 0.15) is 0 Å². The van der Waals surface area contributed by atoms with Crippen LogP contribution in [0.4, 0.5) is 0 Å². The Labute approximate surface area is 97.9 Å². The number of rotatable bonds is 3. The number of hydrogen-bond donors (Lipinski definition) is 1. The molecule has 88 valence electrons. The second-order valence-corrected chi connectivity index (χ2v) is 6.33. The minimum atomic E-state index is 0.849. The van der Waals surface area contributed by atoms with Gasteiger partial charge in [0.05, 0.1) is 0 Å². The summed E-state index contributed by atoms with van der Waals surface area (Å²) < 4.78 is 0. The lowest BCUT2D eigenvalue weighted by Crippen LogP contribution is -2.37. The molecule has 3 fully saturated rings. The molecule has 4 aliphatic carbocycles. The predicted octanol–water partition coefficient (Wildman–Crippen LogP) is 1.34. The summed E-state index contributed by atoms with van der Waals surface area (Å²) in [6, 6.07) is 0. The Kier molecular flexibility index (Phi) is 2.01. The molecule has 0 spiro atoms. The third kappa shape index (κ3) is 1.20. The Bertz CT molecular complexity index is 299. The van der Waals surface area contributed by atoms with Crippen molar-refractivity contribution in [3.63, 3.8) is 0 Å². The molecule has 0 amide bonds. The van der Waals surface area contributed by atoms with Gasteiger partial charge >= 0.3 is 0 Å². The van der Waals surface area contributed by atoms with E-state index in [4.69, 9.17) is 5.73 Å². The highest BCUT2D eigenvalue weighted by Crippen LogP contribution is 2.64. The third-order valence-electron chi connectivity index (χ3n) is 5.59. The van der Waals surface area contributed by atoms with Gasteiger partial charge in [0.25, 0.3) is 0 Å². The lowest BCUT2D eigenvalue weighted by atomic mass is 9.64. The highest BCUT2D eigenvalue weighted by molar-refractivity contribution is 5.22. The van der Waals surface area contributed by atoms with Gasteiger partial charge in [-0.3, -0.25) is 0 Å². The standard InChI is InChI=1S/C14H22N2/c15-4-1-5-16-7-13-9-2-3-10(14(13)8-16)12-6-11(9)12/h2-3,9-14H,1,4-8,15H2. The van der Waals surface area contributed by atoms with Crippen LogP contribution < -0.4 is 5.73 Å². The minimum absolute atomic E-state index is 0.849. The van der Waals surface area contributed by atoms with Crippen LogP contribution in [0.1, 0.15) is 12.8 Å². The summed E-state index contributed by atoms with van der Waals surface area (Å²) in [6.45, 7) is 4.80. The molecule has 2 nitrogen and oxygen atoms in total. The zero-order valence-corrected chi connectivity index (χ0v) is 9.89. The van der Waals surface area contributed by atoms with Gasteiger partial charge in [-0.2, -0.15) is 0 Å². The zero-order chi connectivity index (χ0) is 10.7. The van der Waals surface area contributed by atoms with E-state index in [-0.39, 0.29) is 0 Å². The van der Waals surface area contributed by atoms with E-state index in [0.717, 1.165) is 42.1 Å². The first kappa shape index (κ1) is 9.67. The van der Waals surface area contributed by atoms with Crippen LogP contribution in [0.15, 0.2) is 12.2 Å². The van der Waals surface area contributed by atoms with Crippen LogP contribution in [0.2, 0.25) is 0 Å². The normalized spacial score (nSPS) is 52.8. The van der Waals surface area contributed by atoms with Crippen molar-refractivity contribution in [2.24, 2.45) is 41.2 Å². The minimum Gasteiger partial charge on any atom is -0.330 e. The predicted molar refractivity (Wildman–Crippen MR) is 64.8 cm³/mol. The molecule has 0 radical (unpaired) electrons. The van der Waals surface area contributed by atoms with Crippen LogP contribution in [0.3, 0.4) is 0 Å². The first-order valence-corrected chi connectivity index (χ1v) is 6.99. The molecule has 2 N–H and O–H groups in total. The summed E-state index contributed by atoms with van der Waals surface area (Å²) >= 11 is 0. The highest BCUT2D eigenvalue weighted by atomic mass is 15.2. The van der Waals surface area contributed by atoms with E-state index in [1.807, 2.05) is 0 Å². The molecule has 0 aromatic heterocycles. The Balaban J connectivity index is 1.50. The van der Waals surface area contributed by atoms with Crippen molar-refractivity contribution in [1.29, 1.82) is 0 Å². The van der Waals surface area contributed by atoms with E-state index in [2.05, 4.69) is 17.1 Å². The highest BCUT2D eigenvalue weighted by Gasteiger charge is 2.60. The fraction of sp³-hybridized carbons (Fsp3) is 0.857. The van der Waals surface area contributed by atoms with Gasteiger partial charge in [-0.25, -0.2) is 0 Å². The van der Waals surface area contributed by atoms with Gasteiger partial charge in [-0.15, -0.1) is 0 Å². The average Bonchev–Trinajstić information content (AvgIpc) is 3.00. The molecule has 1 aliphatic heterocycles. The summed E-state index contributed by atoms with van der Waals surface area (Å²) in [4.78, 5) is 2.68. The molecule has 6 unspecified atom stereocenters. The van der Waals surface area contributed by atoms with Gasteiger partial charge in [-0.05, 0) is 61.4 Å². The SMILES string of the molecule is NCCCN1CC2C3C=CC(C4CC34)C2C1. The maximum absolute atomic E-state index is 5.61. The van der Waals surface area contributed by atoms with Crippen molar-refractivity contribution >= 4 is 0 Å². The molecule has 5 aliphatic rings. The lowest BCUT2D eigenvalue weighted by Gasteiger charge is -2.40. The van der Waals surface area contributed by atoms with Crippen molar-refractivity contribution < 1.29 is 0 Å². The Morgan fingerprint density at radius 1 is 1.00 bits per heavy atom. The Morgan fingerprint density at radius 2 is 1.62 bits per heavy atom. The fourth-order valence-corrected chi connectivity index (χ4v) is 4.84. The van der Waals surface area contributed by atoms with Crippen LogP contribution in [-0.4, -0.2) is 31.1 Å². The summed E-state index contributed by atoms with van der Waals surface area (Å²) in [5.41, 5.74) is 5.61. The molecule has 1 saturated heterocycles. The van der Waals surface area contributed by atoms with Crippen LogP contribution in [0, 0.1) is 35.5 Å². The van der Waals surface area contributed by atoms with Crippen molar-refractivity contribution in [3.05, 3.63) is 12.2 Å². The number of nitrogens with two attached hydrogens (primary N) is 1. The summed E-state index contributed by atoms with van der Waals surface area (Å²) in [5.74, 6) is 6.07. The number of nitrogens with zero attached hydrogens (tertiary/aromatic N) is 1. The van der Waals surface area contributed by atoms with Crippen molar-refractivity contribution in [2.75, 3.05) is 26.2 Å². The monoisotopic (exact) mass is 218 g/mol. The Morgan fingerprint density at radius 3 is 2.19 bits per heavy atom. The second kappa shape index (κ2) is 3.33. The van der Waals surface area contributed by atoms with Gasteiger partial charge < -0.3 is 10.6 Å². The summed E-state index contributed by atoms with van der Waals surface area (Å²) in [6.07, 6.45) is 7.84. The number of hydrogen-bond acceptors (Lipinski definition) is 2. The van der Waals surface area contributed by atoms with E-state index >= 15 is 0 Å². The number of allylic oxidation sites excluding steroid dienone is 2. The van der Waals surface area contributed by atoms with Crippen LogP contribution >= 0.6 is 0 Å². The molecule has 2 heteroatoms. The quantitative estimate of drug-likeness (QED) is 0.724. The van der Waals surface area contributed by atoms with Crippen LogP contribution in [0.25, 0.3) is 0 Å². The lowest BCUT2D eigenvalue weighted by molar-refractivity contribution is 0.156. The van der Waals surface area contributed by atoms with Crippen molar-refractivity contribution in [3.8, 4) is 0 Å². The molecule has 0 aromatic carbocycles. The molecule has 2 saturated carbocycles. The first-order chi connectivity index (χ1) is 7.88. The molecular formula is C14H22N2. The Hall–Kier alpha value is -0.340. The van der Waals surface area contributed by atoms with Crippen molar-refractivity contribution in [2.45, 2.75) is 12.8 Å². The molecule has 5 rings (SSSR count). The van der Waals surface area contributed by atoms with Crippen molar-refractivity contribution in [1.82, 2.24) is 4.90 Å². The van der Waals surface area contributed by atoms with Gasteiger partial charge in [0.2, 0.25) is 0 Å². The van der Waals surface area contributed by atoms with E-state index in [1.165, 1.54) is 32.5 Å². The van der Waals surface area contributed by atoms with E-state index in [0.29, 0.717) is 0 Å². The third-order valence-corrected chi connectivity index (χ3v) is 5.59. The smallest absolute Gasteiger partial charge is 0.00189 e. The van der Waals surface area contributed by atoms with Crippen LogP contribution in [-0.2, 0) is 0 Å². The number of likely N-dealkylation sites (tertiary alicyclic amines) is 1. The average molecular weight is 218 g/mol. The van der Waals surface area contributed by atoms with Gasteiger partial charge in [-0.1, -0.05) is 12.2 Å². The topological polar surface area (TPSA) is 29.3 Å². The van der Waals surface area contributed by atoms with E-state index in [1.54, 1.807) is 0 Å².